The Morgan fingerprint density at radius 3 is 2.67 bits per heavy atom. The second kappa shape index (κ2) is 4.53. The summed E-state index contributed by atoms with van der Waals surface area (Å²) < 4.78 is 0. The van der Waals surface area contributed by atoms with Gasteiger partial charge in [-0.1, -0.05) is 24.4 Å². The van der Waals surface area contributed by atoms with Crippen molar-refractivity contribution < 1.29 is 0 Å². The number of aromatic nitrogens is 2. The van der Waals surface area contributed by atoms with Gasteiger partial charge in [0, 0.05) is 21.5 Å². The Hall–Kier alpha value is -1.94. The summed E-state index contributed by atoms with van der Waals surface area (Å²) in [7, 11) is 0. The minimum absolute atomic E-state index is 0.203. The van der Waals surface area contributed by atoms with E-state index in [4.69, 9.17) is 17.3 Å². The second-order valence-corrected chi connectivity index (χ2v) is 6.26. The number of hydrogen-bond donors (Lipinski definition) is 3. The van der Waals surface area contributed by atoms with Crippen LogP contribution in [-0.4, -0.2) is 9.97 Å². The zero-order valence-corrected chi connectivity index (χ0v) is 12.3. The lowest BCUT2D eigenvalue weighted by molar-refractivity contribution is 0.729. The number of pyridine rings is 1. The molecule has 21 heavy (non-hydrogen) atoms. The summed E-state index contributed by atoms with van der Waals surface area (Å²) in [4.78, 5) is 18.5. The molecular formula is C16H16ClN3O. The van der Waals surface area contributed by atoms with Gasteiger partial charge in [0.15, 0.2) is 0 Å². The first-order chi connectivity index (χ1) is 10.1. The predicted octanol–water partition coefficient (Wildman–Crippen LogP) is 3.90. The predicted molar refractivity (Wildman–Crippen MR) is 87.1 cm³/mol. The number of nitrogens with two attached hydrogens (primary N) is 1. The molecule has 0 amide bonds. The lowest BCUT2D eigenvalue weighted by Crippen LogP contribution is -2.16. The van der Waals surface area contributed by atoms with Gasteiger partial charge in [-0.15, -0.1) is 0 Å². The number of aromatic amines is 2. The molecule has 4 rings (SSSR count). The molecule has 0 unspecified atom stereocenters. The largest absolute Gasteiger partial charge is 0.394 e. The molecule has 4 nitrogen and oxygen atoms in total. The Bertz CT molecular complexity index is 903. The molecule has 0 saturated heterocycles. The summed E-state index contributed by atoms with van der Waals surface area (Å²) in [5, 5.41) is 1.59. The van der Waals surface area contributed by atoms with E-state index >= 15 is 0 Å². The Balaban J connectivity index is 2.13. The van der Waals surface area contributed by atoms with Gasteiger partial charge >= 0.3 is 0 Å². The third kappa shape index (κ3) is 1.86. The van der Waals surface area contributed by atoms with E-state index in [1.807, 2.05) is 18.2 Å². The molecule has 1 saturated carbocycles. The highest BCUT2D eigenvalue weighted by Crippen LogP contribution is 2.40. The van der Waals surface area contributed by atoms with Crippen molar-refractivity contribution in [3.05, 3.63) is 39.1 Å². The van der Waals surface area contributed by atoms with Gasteiger partial charge in [0.2, 0.25) is 0 Å². The highest BCUT2D eigenvalue weighted by molar-refractivity contribution is 6.31. The first kappa shape index (κ1) is 12.8. The van der Waals surface area contributed by atoms with E-state index in [-0.39, 0.29) is 5.56 Å². The van der Waals surface area contributed by atoms with E-state index in [0.29, 0.717) is 16.6 Å². The number of rotatable bonds is 1. The number of hydrogen-bond acceptors (Lipinski definition) is 2. The van der Waals surface area contributed by atoms with Gasteiger partial charge in [-0.05, 0) is 37.0 Å². The SMILES string of the molecule is Nc1c(C2CCCC2)c2[nH]c3ccc(Cl)cc3c2[nH]c1=O. The van der Waals surface area contributed by atoms with E-state index in [9.17, 15) is 4.79 Å². The van der Waals surface area contributed by atoms with Crippen LogP contribution in [0.25, 0.3) is 21.9 Å². The maximum absolute atomic E-state index is 12.2. The van der Waals surface area contributed by atoms with Crippen LogP contribution >= 0.6 is 11.6 Å². The van der Waals surface area contributed by atoms with E-state index in [1.54, 1.807) is 0 Å². The average Bonchev–Trinajstić information content (AvgIpc) is 3.08. The number of fused-ring (bicyclic) bond motifs is 3. The summed E-state index contributed by atoms with van der Waals surface area (Å²) in [6.07, 6.45) is 4.59. The molecule has 3 aromatic rings. The van der Waals surface area contributed by atoms with Gasteiger partial charge in [-0.25, -0.2) is 0 Å². The monoisotopic (exact) mass is 301 g/mol. The number of H-pyrrole nitrogens is 2. The van der Waals surface area contributed by atoms with Gasteiger partial charge in [0.1, 0.15) is 5.69 Å². The summed E-state index contributed by atoms with van der Waals surface area (Å²) in [5.41, 5.74) is 9.96. The fraction of sp³-hybridized carbons (Fsp3) is 0.312. The van der Waals surface area contributed by atoms with Crippen LogP contribution in [0.15, 0.2) is 23.0 Å². The minimum Gasteiger partial charge on any atom is -0.394 e. The van der Waals surface area contributed by atoms with Gasteiger partial charge in [0.25, 0.3) is 5.56 Å². The van der Waals surface area contributed by atoms with E-state index in [2.05, 4.69) is 9.97 Å². The van der Waals surface area contributed by atoms with Crippen molar-refractivity contribution in [1.29, 1.82) is 0 Å². The fourth-order valence-electron chi connectivity index (χ4n) is 3.57. The molecule has 2 heterocycles. The first-order valence-electron chi connectivity index (χ1n) is 7.27. The second-order valence-electron chi connectivity index (χ2n) is 5.83. The molecular weight excluding hydrogens is 286 g/mol. The molecule has 1 aromatic carbocycles. The summed E-state index contributed by atoms with van der Waals surface area (Å²) in [6.45, 7) is 0. The number of anilines is 1. The fourth-order valence-corrected chi connectivity index (χ4v) is 3.74. The van der Waals surface area contributed by atoms with Gasteiger partial charge < -0.3 is 15.7 Å². The molecule has 0 atom stereocenters. The van der Waals surface area contributed by atoms with Crippen LogP contribution in [0.2, 0.25) is 5.02 Å². The van der Waals surface area contributed by atoms with Crippen LogP contribution in [0.5, 0.6) is 0 Å². The molecule has 4 N–H and O–H groups in total. The van der Waals surface area contributed by atoms with Crippen molar-refractivity contribution in [1.82, 2.24) is 9.97 Å². The maximum Gasteiger partial charge on any atom is 0.271 e. The van der Waals surface area contributed by atoms with Gasteiger partial charge in [-0.3, -0.25) is 4.79 Å². The molecule has 2 aromatic heterocycles. The zero-order valence-electron chi connectivity index (χ0n) is 11.5. The van der Waals surface area contributed by atoms with Crippen LogP contribution in [0.4, 0.5) is 5.69 Å². The standard InChI is InChI=1S/C16H16ClN3O/c17-9-5-6-11-10(7-9)14-15(19-11)12(8-3-1-2-4-8)13(18)16(21)20-14/h5-8,19H,1-4,18H2,(H,20,21). The molecule has 0 bridgehead atoms. The molecule has 0 radical (unpaired) electrons. The van der Waals surface area contributed by atoms with Gasteiger partial charge in [-0.2, -0.15) is 0 Å². The van der Waals surface area contributed by atoms with Crippen molar-refractivity contribution in [2.24, 2.45) is 0 Å². The zero-order chi connectivity index (χ0) is 14.6. The first-order valence-corrected chi connectivity index (χ1v) is 7.65. The van der Waals surface area contributed by atoms with E-state index in [0.717, 1.165) is 40.3 Å². The number of benzene rings is 1. The quantitative estimate of drug-likeness (QED) is 0.637. The molecule has 1 aliphatic rings. The van der Waals surface area contributed by atoms with Crippen LogP contribution in [0.1, 0.15) is 37.2 Å². The summed E-state index contributed by atoms with van der Waals surface area (Å²) >= 11 is 6.08. The Morgan fingerprint density at radius 1 is 1.14 bits per heavy atom. The number of halogens is 1. The third-order valence-electron chi connectivity index (χ3n) is 4.57. The summed E-state index contributed by atoms with van der Waals surface area (Å²) in [5.74, 6) is 0.373. The number of nitrogens with one attached hydrogen (secondary N) is 2. The lowest BCUT2D eigenvalue weighted by Gasteiger charge is -2.13. The average molecular weight is 302 g/mol. The molecule has 1 fully saturated rings. The van der Waals surface area contributed by atoms with Crippen LogP contribution in [0, 0.1) is 0 Å². The van der Waals surface area contributed by atoms with Crippen molar-refractivity contribution in [2.45, 2.75) is 31.6 Å². The molecule has 0 spiro atoms. The molecule has 0 aliphatic heterocycles. The van der Waals surface area contributed by atoms with Crippen molar-refractivity contribution in [2.75, 3.05) is 5.73 Å². The van der Waals surface area contributed by atoms with Crippen LogP contribution in [0.3, 0.4) is 0 Å². The van der Waals surface area contributed by atoms with Crippen molar-refractivity contribution in [3.8, 4) is 0 Å². The Kier molecular flexibility index (Phi) is 2.76. The number of nitrogen functional groups attached to an aromatic ring is 1. The normalized spacial score (nSPS) is 16.2. The highest BCUT2D eigenvalue weighted by atomic mass is 35.5. The molecule has 5 heteroatoms. The minimum atomic E-state index is -0.203. The molecule has 1 aliphatic carbocycles. The maximum atomic E-state index is 12.2. The van der Waals surface area contributed by atoms with Crippen molar-refractivity contribution in [3.63, 3.8) is 0 Å². The van der Waals surface area contributed by atoms with E-state index < -0.39 is 0 Å². The third-order valence-corrected chi connectivity index (χ3v) is 4.80. The Labute approximate surface area is 126 Å². The highest BCUT2D eigenvalue weighted by Gasteiger charge is 2.24. The lowest BCUT2D eigenvalue weighted by atomic mass is 9.95. The van der Waals surface area contributed by atoms with Crippen LogP contribution in [-0.2, 0) is 0 Å². The topological polar surface area (TPSA) is 74.7 Å². The van der Waals surface area contributed by atoms with Gasteiger partial charge in [0.05, 0.1) is 11.0 Å². The van der Waals surface area contributed by atoms with Crippen molar-refractivity contribution >= 4 is 39.2 Å². The Morgan fingerprint density at radius 2 is 1.90 bits per heavy atom. The molecule has 108 valence electrons. The summed E-state index contributed by atoms with van der Waals surface area (Å²) in [6, 6.07) is 5.65. The van der Waals surface area contributed by atoms with Crippen LogP contribution < -0.4 is 11.3 Å². The van der Waals surface area contributed by atoms with E-state index in [1.165, 1.54) is 12.8 Å². The smallest absolute Gasteiger partial charge is 0.271 e.